The molecule has 2 heterocycles. The maximum atomic E-state index is 6.37. The predicted molar refractivity (Wildman–Crippen MR) is 117 cm³/mol. The molecule has 2 aromatic carbocycles. The summed E-state index contributed by atoms with van der Waals surface area (Å²) in [6.45, 7) is 2.50. The fourth-order valence-electron chi connectivity index (χ4n) is 3.07. The average molecular weight is 410 g/mol. The molecule has 142 valence electrons. The van der Waals surface area contributed by atoms with E-state index in [9.17, 15) is 0 Å². The van der Waals surface area contributed by atoms with Gasteiger partial charge in [0.2, 0.25) is 5.13 Å². The molecule has 0 saturated heterocycles. The zero-order chi connectivity index (χ0) is 19.5. The lowest BCUT2D eigenvalue weighted by Gasteiger charge is -2.16. The van der Waals surface area contributed by atoms with Crippen molar-refractivity contribution in [3.63, 3.8) is 0 Å². The van der Waals surface area contributed by atoms with Crippen molar-refractivity contribution in [1.82, 2.24) is 15.2 Å². The van der Waals surface area contributed by atoms with Gasteiger partial charge in [-0.25, -0.2) is 0 Å². The number of pyridine rings is 1. The summed E-state index contributed by atoms with van der Waals surface area (Å²) in [5.74, 6) is 0. The van der Waals surface area contributed by atoms with Crippen LogP contribution in [-0.2, 0) is 6.42 Å². The van der Waals surface area contributed by atoms with Gasteiger partial charge >= 0.3 is 0 Å². The summed E-state index contributed by atoms with van der Waals surface area (Å²) in [5, 5.41) is 16.7. The third-order valence-corrected chi connectivity index (χ3v) is 5.85. The average Bonchev–Trinajstić information content (AvgIpc) is 3.17. The summed E-state index contributed by atoms with van der Waals surface area (Å²) < 4.78 is 0. The van der Waals surface area contributed by atoms with Crippen LogP contribution in [0, 0.1) is 6.92 Å². The van der Waals surface area contributed by atoms with Gasteiger partial charge in [-0.15, -0.1) is 10.2 Å². The molecule has 0 saturated carbocycles. The van der Waals surface area contributed by atoms with Crippen LogP contribution in [0.25, 0.3) is 21.3 Å². The molecule has 0 amide bonds. The van der Waals surface area contributed by atoms with Gasteiger partial charge < -0.3 is 11.1 Å². The Morgan fingerprint density at radius 3 is 2.82 bits per heavy atom. The van der Waals surface area contributed by atoms with E-state index in [-0.39, 0.29) is 6.04 Å². The first-order valence-electron chi connectivity index (χ1n) is 9.01. The van der Waals surface area contributed by atoms with Crippen LogP contribution < -0.4 is 11.1 Å². The lowest BCUT2D eigenvalue weighted by molar-refractivity contribution is 0.721. The molecular weight excluding hydrogens is 390 g/mol. The highest BCUT2D eigenvalue weighted by molar-refractivity contribution is 7.18. The lowest BCUT2D eigenvalue weighted by Crippen LogP contribution is -2.31. The third kappa shape index (κ3) is 4.14. The SMILES string of the molecule is Cc1ccc(C[C@@H](CN)Nc2nnc(-c3ccc4cnccc4c3)s2)c(Cl)c1. The lowest BCUT2D eigenvalue weighted by atomic mass is 10.0. The molecule has 1 atom stereocenters. The maximum absolute atomic E-state index is 6.37. The van der Waals surface area contributed by atoms with E-state index in [1.807, 2.05) is 37.4 Å². The minimum Gasteiger partial charge on any atom is -0.356 e. The summed E-state index contributed by atoms with van der Waals surface area (Å²) >= 11 is 7.88. The third-order valence-electron chi connectivity index (χ3n) is 4.60. The normalized spacial score (nSPS) is 12.2. The second-order valence-electron chi connectivity index (χ2n) is 6.73. The number of nitrogens with zero attached hydrogens (tertiary/aromatic N) is 3. The number of fused-ring (bicyclic) bond motifs is 1. The Labute approximate surface area is 172 Å². The molecule has 2 aromatic heterocycles. The molecule has 3 N–H and O–H groups in total. The summed E-state index contributed by atoms with van der Waals surface area (Å²) in [5.41, 5.74) is 9.23. The van der Waals surface area contributed by atoms with Gasteiger partial charge in [-0.05, 0) is 48.1 Å². The molecule has 0 fully saturated rings. The molecule has 4 rings (SSSR count). The fourth-order valence-corrected chi connectivity index (χ4v) is 4.19. The molecule has 5 nitrogen and oxygen atoms in total. The van der Waals surface area contributed by atoms with Crippen molar-refractivity contribution in [2.24, 2.45) is 5.73 Å². The van der Waals surface area contributed by atoms with E-state index in [0.29, 0.717) is 6.54 Å². The Bertz CT molecular complexity index is 1110. The van der Waals surface area contributed by atoms with Crippen molar-refractivity contribution < 1.29 is 0 Å². The number of halogens is 1. The number of nitrogens with one attached hydrogen (secondary N) is 1. The Balaban J connectivity index is 1.51. The Morgan fingerprint density at radius 2 is 2.00 bits per heavy atom. The van der Waals surface area contributed by atoms with Crippen LogP contribution in [0.2, 0.25) is 5.02 Å². The molecule has 0 bridgehead atoms. The summed E-state index contributed by atoms with van der Waals surface area (Å²) in [6.07, 6.45) is 4.38. The number of aryl methyl sites for hydroxylation is 1. The van der Waals surface area contributed by atoms with E-state index >= 15 is 0 Å². The Kier molecular flexibility index (Phi) is 5.52. The smallest absolute Gasteiger partial charge is 0.206 e. The van der Waals surface area contributed by atoms with Gasteiger partial charge in [0.25, 0.3) is 0 Å². The van der Waals surface area contributed by atoms with Crippen LogP contribution in [-0.4, -0.2) is 27.8 Å². The molecule has 0 radical (unpaired) electrons. The van der Waals surface area contributed by atoms with Gasteiger partial charge in [-0.2, -0.15) is 0 Å². The van der Waals surface area contributed by atoms with Gasteiger partial charge in [0.1, 0.15) is 5.01 Å². The minimum absolute atomic E-state index is 0.0312. The quantitative estimate of drug-likeness (QED) is 0.482. The summed E-state index contributed by atoms with van der Waals surface area (Å²) in [4.78, 5) is 4.15. The minimum atomic E-state index is 0.0312. The standard InChI is InChI=1S/C21H20ClN5S/c1-13-2-3-15(19(22)8-13)10-18(11-23)25-21-27-26-20(28-21)16-4-5-17-12-24-7-6-14(17)9-16/h2-9,12,18H,10-11,23H2,1H3,(H,25,27)/t18-/m0/s1. The summed E-state index contributed by atoms with van der Waals surface area (Å²) in [7, 11) is 0. The van der Waals surface area contributed by atoms with E-state index in [1.165, 1.54) is 11.3 Å². The number of nitrogens with two attached hydrogens (primary N) is 1. The highest BCUT2D eigenvalue weighted by Crippen LogP contribution is 2.29. The van der Waals surface area contributed by atoms with Crippen LogP contribution in [0.15, 0.2) is 54.9 Å². The Morgan fingerprint density at radius 1 is 1.11 bits per heavy atom. The van der Waals surface area contributed by atoms with E-state index in [1.54, 1.807) is 6.20 Å². The topological polar surface area (TPSA) is 76.7 Å². The van der Waals surface area contributed by atoms with Gasteiger partial charge in [-0.1, -0.05) is 47.2 Å². The number of rotatable bonds is 6. The first-order valence-corrected chi connectivity index (χ1v) is 10.2. The molecule has 28 heavy (non-hydrogen) atoms. The number of hydrogen-bond donors (Lipinski definition) is 2. The monoisotopic (exact) mass is 409 g/mol. The molecule has 0 aliphatic rings. The van der Waals surface area contributed by atoms with Gasteiger partial charge in [0, 0.05) is 41.0 Å². The highest BCUT2D eigenvalue weighted by Gasteiger charge is 2.14. The zero-order valence-corrected chi connectivity index (χ0v) is 17.0. The van der Waals surface area contributed by atoms with Gasteiger partial charge in [0.15, 0.2) is 0 Å². The first-order chi connectivity index (χ1) is 13.6. The van der Waals surface area contributed by atoms with Crippen molar-refractivity contribution in [1.29, 1.82) is 0 Å². The molecule has 7 heteroatoms. The maximum Gasteiger partial charge on any atom is 0.206 e. The molecular formula is C21H20ClN5S. The largest absolute Gasteiger partial charge is 0.356 e. The van der Waals surface area contributed by atoms with Crippen molar-refractivity contribution in [3.05, 3.63) is 71.0 Å². The van der Waals surface area contributed by atoms with Crippen LogP contribution in [0.1, 0.15) is 11.1 Å². The second-order valence-corrected chi connectivity index (χ2v) is 8.11. The number of benzene rings is 2. The number of aromatic nitrogens is 3. The molecule has 4 aromatic rings. The van der Waals surface area contributed by atoms with E-state index in [2.05, 4.69) is 38.7 Å². The van der Waals surface area contributed by atoms with Crippen molar-refractivity contribution >= 4 is 38.8 Å². The zero-order valence-electron chi connectivity index (χ0n) is 15.4. The number of anilines is 1. The van der Waals surface area contributed by atoms with Crippen LogP contribution >= 0.6 is 22.9 Å². The van der Waals surface area contributed by atoms with Crippen molar-refractivity contribution in [2.75, 3.05) is 11.9 Å². The number of hydrogen-bond acceptors (Lipinski definition) is 6. The highest BCUT2D eigenvalue weighted by atomic mass is 35.5. The van der Waals surface area contributed by atoms with E-state index < -0.39 is 0 Å². The van der Waals surface area contributed by atoms with Crippen molar-refractivity contribution in [2.45, 2.75) is 19.4 Å². The molecule has 0 aliphatic heterocycles. The molecule has 0 spiro atoms. The van der Waals surface area contributed by atoms with Crippen molar-refractivity contribution in [3.8, 4) is 10.6 Å². The van der Waals surface area contributed by atoms with Crippen LogP contribution in [0.5, 0.6) is 0 Å². The van der Waals surface area contributed by atoms with Gasteiger partial charge in [-0.3, -0.25) is 4.98 Å². The second kappa shape index (κ2) is 8.22. The first kappa shape index (κ1) is 18.8. The molecule has 0 unspecified atom stereocenters. The molecule has 0 aliphatic carbocycles. The van der Waals surface area contributed by atoms with Crippen LogP contribution in [0.3, 0.4) is 0 Å². The summed E-state index contributed by atoms with van der Waals surface area (Å²) in [6, 6.07) is 14.3. The van der Waals surface area contributed by atoms with Crippen LogP contribution in [0.4, 0.5) is 5.13 Å². The predicted octanol–water partition coefficient (Wildman–Crippen LogP) is 4.70. The Hall–Kier alpha value is -2.54. The fraction of sp³-hybridized carbons (Fsp3) is 0.190. The van der Waals surface area contributed by atoms with E-state index in [0.717, 1.165) is 49.0 Å². The van der Waals surface area contributed by atoms with Gasteiger partial charge in [0.05, 0.1) is 0 Å². The van der Waals surface area contributed by atoms with E-state index in [4.69, 9.17) is 17.3 Å².